The number of benzene rings is 1. The highest BCUT2D eigenvalue weighted by Gasteiger charge is 2.29. The van der Waals surface area contributed by atoms with E-state index in [1.54, 1.807) is 0 Å². The molecule has 1 atom stereocenters. The number of piperidine rings is 1. The third kappa shape index (κ3) is 3.47. The minimum absolute atomic E-state index is 0.443. The molecule has 1 saturated heterocycles. The van der Waals surface area contributed by atoms with E-state index in [0.717, 1.165) is 6.54 Å². The first-order valence-corrected chi connectivity index (χ1v) is 8.78. The summed E-state index contributed by atoms with van der Waals surface area (Å²) >= 11 is 1.92. The Hall–Kier alpha value is -0.900. The molecule has 2 aromatic rings. The molecule has 1 aromatic carbocycles. The molecule has 0 saturated carbocycles. The minimum Gasteiger partial charge on any atom is -0.309 e. The highest BCUT2D eigenvalue weighted by Crippen LogP contribution is 2.32. The van der Waals surface area contributed by atoms with E-state index in [-0.39, 0.29) is 0 Å². The van der Waals surface area contributed by atoms with Crippen LogP contribution in [0.4, 0.5) is 0 Å². The fourth-order valence-corrected chi connectivity index (χ4v) is 4.14. The largest absolute Gasteiger partial charge is 0.309 e. The monoisotopic (exact) mass is 302 g/mol. The van der Waals surface area contributed by atoms with Gasteiger partial charge in [-0.3, -0.25) is 0 Å². The van der Waals surface area contributed by atoms with Gasteiger partial charge in [-0.15, -0.1) is 11.3 Å². The van der Waals surface area contributed by atoms with E-state index in [1.807, 2.05) is 11.3 Å². The molecule has 1 unspecified atom stereocenters. The Kier molecular flexibility index (Phi) is 4.34. The topological polar surface area (TPSA) is 15.3 Å². The molecule has 21 heavy (non-hydrogen) atoms. The molecule has 0 spiro atoms. The number of likely N-dealkylation sites (tertiary alicyclic amines) is 1. The molecule has 1 aliphatic rings. The van der Waals surface area contributed by atoms with Gasteiger partial charge < -0.3 is 10.2 Å². The van der Waals surface area contributed by atoms with Crippen molar-refractivity contribution in [2.24, 2.45) is 5.41 Å². The maximum absolute atomic E-state index is 3.78. The van der Waals surface area contributed by atoms with E-state index in [4.69, 9.17) is 0 Å². The predicted molar refractivity (Wildman–Crippen MR) is 93.1 cm³/mol. The highest BCUT2D eigenvalue weighted by molar-refractivity contribution is 7.19. The fourth-order valence-electron chi connectivity index (χ4n) is 3.05. The Morgan fingerprint density at radius 3 is 2.71 bits per heavy atom. The zero-order valence-corrected chi connectivity index (χ0v) is 14.2. The molecule has 1 aromatic heterocycles. The van der Waals surface area contributed by atoms with Crippen LogP contribution in [0.25, 0.3) is 10.1 Å². The van der Waals surface area contributed by atoms with Crippen molar-refractivity contribution in [2.45, 2.75) is 32.7 Å². The molecule has 0 aliphatic carbocycles. The van der Waals surface area contributed by atoms with Crippen LogP contribution in [0.3, 0.4) is 0 Å². The number of nitrogens with zero attached hydrogens (tertiary/aromatic N) is 1. The van der Waals surface area contributed by atoms with Crippen molar-refractivity contribution < 1.29 is 0 Å². The number of nitrogens with one attached hydrogen (secondary N) is 1. The van der Waals surface area contributed by atoms with Crippen LogP contribution >= 0.6 is 11.3 Å². The van der Waals surface area contributed by atoms with Crippen molar-refractivity contribution in [2.75, 3.05) is 26.7 Å². The van der Waals surface area contributed by atoms with E-state index in [9.17, 15) is 0 Å². The van der Waals surface area contributed by atoms with Crippen molar-refractivity contribution in [3.8, 4) is 0 Å². The van der Waals surface area contributed by atoms with Gasteiger partial charge in [-0.05, 0) is 62.8 Å². The lowest BCUT2D eigenvalue weighted by Gasteiger charge is -2.38. The average Bonchev–Trinajstić information content (AvgIpc) is 2.92. The Morgan fingerprint density at radius 1 is 1.29 bits per heavy atom. The molecular weight excluding hydrogens is 276 g/mol. The minimum atomic E-state index is 0.443. The molecule has 1 aliphatic heterocycles. The number of fused-ring (bicyclic) bond motifs is 1. The molecule has 1 fully saturated rings. The molecule has 3 rings (SSSR count). The maximum atomic E-state index is 3.78. The summed E-state index contributed by atoms with van der Waals surface area (Å²) < 4.78 is 1.40. The van der Waals surface area contributed by atoms with Crippen LogP contribution in [-0.4, -0.2) is 31.6 Å². The molecule has 0 radical (unpaired) electrons. The molecule has 2 nitrogen and oxygen atoms in total. The molecule has 1 N–H and O–H groups in total. The van der Waals surface area contributed by atoms with E-state index in [2.05, 4.69) is 61.4 Å². The normalized spacial score (nSPS) is 20.7. The zero-order valence-electron chi connectivity index (χ0n) is 13.4. The van der Waals surface area contributed by atoms with Gasteiger partial charge in [-0.2, -0.15) is 0 Å². The summed E-state index contributed by atoms with van der Waals surface area (Å²) in [5, 5.41) is 5.15. The molecule has 2 heterocycles. The number of hydrogen-bond donors (Lipinski definition) is 1. The second-order valence-electron chi connectivity index (χ2n) is 6.90. The van der Waals surface area contributed by atoms with Crippen molar-refractivity contribution in [1.82, 2.24) is 10.2 Å². The van der Waals surface area contributed by atoms with Gasteiger partial charge >= 0.3 is 0 Å². The third-order valence-electron chi connectivity index (χ3n) is 4.90. The number of hydrogen-bond acceptors (Lipinski definition) is 3. The van der Waals surface area contributed by atoms with Crippen LogP contribution in [0.5, 0.6) is 0 Å². The van der Waals surface area contributed by atoms with Gasteiger partial charge in [0.05, 0.1) is 0 Å². The van der Waals surface area contributed by atoms with E-state index >= 15 is 0 Å². The lowest BCUT2D eigenvalue weighted by atomic mass is 9.80. The zero-order chi connectivity index (χ0) is 14.9. The average molecular weight is 302 g/mol. The Balaban J connectivity index is 1.62. The first-order valence-electron chi connectivity index (χ1n) is 7.96. The van der Waals surface area contributed by atoms with Crippen LogP contribution in [0.15, 0.2) is 30.3 Å². The molecular formula is C18H26N2S. The van der Waals surface area contributed by atoms with Crippen LogP contribution in [-0.2, 0) is 0 Å². The maximum Gasteiger partial charge on any atom is 0.0386 e. The standard InChI is InChI=1S/C18H26N2S/c1-14(17-12-15-6-4-5-7-16(15)21-17)19-13-18(2)8-10-20(3)11-9-18/h4-7,12,14,19H,8-11,13H2,1-3H3. The van der Waals surface area contributed by atoms with Crippen LogP contribution in [0, 0.1) is 5.41 Å². The summed E-state index contributed by atoms with van der Waals surface area (Å²) in [5.41, 5.74) is 0.456. The second-order valence-corrected chi connectivity index (χ2v) is 8.02. The lowest BCUT2D eigenvalue weighted by molar-refractivity contribution is 0.134. The molecule has 0 bridgehead atoms. The molecule has 3 heteroatoms. The fraction of sp³-hybridized carbons (Fsp3) is 0.556. The van der Waals surface area contributed by atoms with Crippen molar-refractivity contribution in [3.63, 3.8) is 0 Å². The van der Waals surface area contributed by atoms with Crippen LogP contribution in [0.2, 0.25) is 0 Å². The van der Waals surface area contributed by atoms with Crippen LogP contribution in [0.1, 0.15) is 37.6 Å². The van der Waals surface area contributed by atoms with Crippen molar-refractivity contribution in [3.05, 3.63) is 35.2 Å². The predicted octanol–water partition coefficient (Wildman–Crippen LogP) is 4.28. The lowest BCUT2D eigenvalue weighted by Crippen LogP contribution is -2.42. The van der Waals surface area contributed by atoms with E-state index < -0.39 is 0 Å². The van der Waals surface area contributed by atoms with Gasteiger partial charge in [-0.1, -0.05) is 25.1 Å². The summed E-state index contributed by atoms with van der Waals surface area (Å²) in [4.78, 5) is 3.89. The van der Waals surface area contributed by atoms with Gasteiger partial charge in [0.15, 0.2) is 0 Å². The SMILES string of the molecule is CC(NCC1(C)CCN(C)CC1)c1cc2ccccc2s1. The van der Waals surface area contributed by atoms with Crippen molar-refractivity contribution >= 4 is 21.4 Å². The van der Waals surface area contributed by atoms with Gasteiger partial charge in [-0.25, -0.2) is 0 Å². The molecule has 114 valence electrons. The van der Waals surface area contributed by atoms with Gasteiger partial charge in [0.25, 0.3) is 0 Å². The Labute approximate surface area is 132 Å². The van der Waals surface area contributed by atoms with Crippen LogP contribution < -0.4 is 5.32 Å². The number of thiophene rings is 1. The Bertz CT molecular complexity index is 563. The summed E-state index contributed by atoms with van der Waals surface area (Å²) in [7, 11) is 2.23. The first kappa shape index (κ1) is 15.0. The Morgan fingerprint density at radius 2 is 2.00 bits per heavy atom. The van der Waals surface area contributed by atoms with Gasteiger partial charge in [0.2, 0.25) is 0 Å². The second kappa shape index (κ2) is 6.07. The number of rotatable bonds is 4. The summed E-state index contributed by atoms with van der Waals surface area (Å²) in [6.45, 7) is 8.31. The summed E-state index contributed by atoms with van der Waals surface area (Å²) in [6, 6.07) is 11.5. The highest BCUT2D eigenvalue weighted by atomic mass is 32.1. The van der Waals surface area contributed by atoms with Gasteiger partial charge in [0, 0.05) is 22.2 Å². The van der Waals surface area contributed by atoms with E-state index in [1.165, 1.54) is 40.9 Å². The molecule has 0 amide bonds. The summed E-state index contributed by atoms with van der Waals surface area (Å²) in [5.74, 6) is 0. The summed E-state index contributed by atoms with van der Waals surface area (Å²) in [6.07, 6.45) is 2.60. The third-order valence-corrected chi connectivity index (χ3v) is 6.20. The smallest absolute Gasteiger partial charge is 0.0386 e. The first-order chi connectivity index (χ1) is 10.1. The van der Waals surface area contributed by atoms with Crippen molar-refractivity contribution in [1.29, 1.82) is 0 Å². The van der Waals surface area contributed by atoms with Gasteiger partial charge in [0.1, 0.15) is 0 Å². The quantitative estimate of drug-likeness (QED) is 0.906. The van der Waals surface area contributed by atoms with E-state index in [0.29, 0.717) is 11.5 Å².